The molecule has 0 amide bonds. The van der Waals surface area contributed by atoms with Crippen molar-refractivity contribution in [1.29, 1.82) is 0 Å². The van der Waals surface area contributed by atoms with Gasteiger partial charge < -0.3 is 9.64 Å². The Morgan fingerprint density at radius 1 is 1.21 bits per heavy atom. The highest BCUT2D eigenvalue weighted by molar-refractivity contribution is 6.31. The number of hydrogen-bond donors (Lipinski definition) is 0. The van der Waals surface area contributed by atoms with Crippen molar-refractivity contribution in [1.82, 2.24) is 4.98 Å². The van der Waals surface area contributed by atoms with Crippen LogP contribution in [0.25, 0.3) is 10.9 Å². The third kappa shape index (κ3) is 2.53. The van der Waals surface area contributed by atoms with Gasteiger partial charge in [-0.3, -0.25) is 4.98 Å². The molecule has 3 rings (SSSR count). The van der Waals surface area contributed by atoms with Gasteiger partial charge in [0.2, 0.25) is 0 Å². The summed E-state index contributed by atoms with van der Waals surface area (Å²) in [5.74, 6) is 0. The molecule has 100 valence electrons. The van der Waals surface area contributed by atoms with Crippen LogP contribution in [0.4, 0.5) is 5.69 Å². The predicted molar refractivity (Wildman–Crippen MR) is 79.0 cm³/mol. The standard InChI is InChI=1S/C15H17ClN2O/c1-10-8-18(9-11(2)19-10)15-5-6-17-14-7-12(16)3-4-13(14)15/h3-7,10-11H,8-9H2,1-2H3/t10-,11-/m0/s1. The van der Waals surface area contributed by atoms with Crippen LogP contribution in [-0.2, 0) is 4.74 Å². The van der Waals surface area contributed by atoms with Crippen LogP contribution in [0.2, 0.25) is 5.02 Å². The number of ether oxygens (including phenoxy) is 1. The number of benzene rings is 1. The highest BCUT2D eigenvalue weighted by atomic mass is 35.5. The molecule has 19 heavy (non-hydrogen) atoms. The molecule has 1 aliphatic rings. The summed E-state index contributed by atoms with van der Waals surface area (Å²) in [6.45, 7) is 6.05. The van der Waals surface area contributed by atoms with Crippen molar-refractivity contribution in [3.63, 3.8) is 0 Å². The van der Waals surface area contributed by atoms with Gasteiger partial charge in [-0.25, -0.2) is 0 Å². The van der Waals surface area contributed by atoms with E-state index in [2.05, 4.69) is 29.8 Å². The normalized spacial score (nSPS) is 23.8. The Balaban J connectivity index is 2.04. The van der Waals surface area contributed by atoms with Crippen LogP contribution in [0.5, 0.6) is 0 Å². The van der Waals surface area contributed by atoms with Gasteiger partial charge in [0.1, 0.15) is 0 Å². The van der Waals surface area contributed by atoms with Gasteiger partial charge in [-0.05, 0) is 38.1 Å². The summed E-state index contributed by atoms with van der Waals surface area (Å²) >= 11 is 6.03. The fourth-order valence-electron chi connectivity index (χ4n) is 2.76. The first kappa shape index (κ1) is 12.7. The summed E-state index contributed by atoms with van der Waals surface area (Å²) in [7, 11) is 0. The van der Waals surface area contributed by atoms with Crippen LogP contribution >= 0.6 is 11.6 Å². The van der Waals surface area contributed by atoms with E-state index in [0.29, 0.717) is 0 Å². The molecule has 2 atom stereocenters. The third-order valence-corrected chi connectivity index (χ3v) is 3.68. The Morgan fingerprint density at radius 2 is 1.95 bits per heavy atom. The number of hydrogen-bond acceptors (Lipinski definition) is 3. The Morgan fingerprint density at radius 3 is 2.68 bits per heavy atom. The minimum absolute atomic E-state index is 0.249. The molecular formula is C15H17ClN2O. The van der Waals surface area contributed by atoms with Crippen LogP contribution in [0, 0.1) is 0 Å². The highest BCUT2D eigenvalue weighted by Gasteiger charge is 2.23. The van der Waals surface area contributed by atoms with Crippen molar-refractivity contribution in [2.24, 2.45) is 0 Å². The Labute approximate surface area is 118 Å². The van der Waals surface area contributed by atoms with Gasteiger partial charge in [0, 0.05) is 35.4 Å². The summed E-state index contributed by atoms with van der Waals surface area (Å²) in [5.41, 5.74) is 2.15. The quantitative estimate of drug-likeness (QED) is 0.797. The molecule has 1 aliphatic heterocycles. The van der Waals surface area contributed by atoms with Gasteiger partial charge in [-0.15, -0.1) is 0 Å². The molecule has 2 aromatic rings. The van der Waals surface area contributed by atoms with Crippen LogP contribution in [0.1, 0.15) is 13.8 Å². The first-order valence-electron chi connectivity index (χ1n) is 6.58. The first-order valence-corrected chi connectivity index (χ1v) is 6.96. The van der Waals surface area contributed by atoms with Gasteiger partial charge >= 0.3 is 0 Å². The van der Waals surface area contributed by atoms with E-state index in [1.165, 1.54) is 5.69 Å². The number of pyridine rings is 1. The average molecular weight is 277 g/mol. The second-order valence-electron chi connectivity index (χ2n) is 5.15. The summed E-state index contributed by atoms with van der Waals surface area (Å²) in [6.07, 6.45) is 2.34. The number of morpholine rings is 1. The Bertz CT molecular complexity index is 592. The summed E-state index contributed by atoms with van der Waals surface area (Å²) in [5, 5.41) is 1.87. The van der Waals surface area contributed by atoms with E-state index in [-0.39, 0.29) is 12.2 Å². The molecule has 0 saturated carbocycles. The number of nitrogens with zero attached hydrogens (tertiary/aromatic N) is 2. The molecule has 0 bridgehead atoms. The molecule has 0 aliphatic carbocycles. The van der Waals surface area contributed by atoms with Gasteiger partial charge in [0.25, 0.3) is 0 Å². The number of anilines is 1. The Hall–Kier alpha value is -1.32. The molecule has 2 heterocycles. The van der Waals surface area contributed by atoms with E-state index in [0.717, 1.165) is 29.0 Å². The lowest BCUT2D eigenvalue weighted by atomic mass is 10.1. The molecule has 1 saturated heterocycles. The minimum Gasteiger partial charge on any atom is -0.372 e. The fourth-order valence-corrected chi connectivity index (χ4v) is 2.92. The van der Waals surface area contributed by atoms with Crippen molar-refractivity contribution >= 4 is 28.2 Å². The van der Waals surface area contributed by atoms with Crippen LogP contribution in [-0.4, -0.2) is 30.3 Å². The van der Waals surface area contributed by atoms with E-state index in [9.17, 15) is 0 Å². The van der Waals surface area contributed by atoms with Crippen molar-refractivity contribution < 1.29 is 4.74 Å². The van der Waals surface area contributed by atoms with E-state index in [1.807, 2.05) is 24.4 Å². The third-order valence-electron chi connectivity index (χ3n) is 3.44. The molecule has 3 nitrogen and oxygen atoms in total. The molecule has 4 heteroatoms. The number of aromatic nitrogens is 1. The monoisotopic (exact) mass is 276 g/mol. The van der Waals surface area contributed by atoms with E-state index in [4.69, 9.17) is 16.3 Å². The predicted octanol–water partition coefficient (Wildman–Crippen LogP) is 3.50. The zero-order valence-electron chi connectivity index (χ0n) is 11.1. The summed E-state index contributed by atoms with van der Waals surface area (Å²) < 4.78 is 5.79. The maximum Gasteiger partial charge on any atom is 0.0737 e. The summed E-state index contributed by atoms with van der Waals surface area (Å²) in [4.78, 5) is 6.77. The molecule has 1 fully saturated rings. The minimum atomic E-state index is 0.249. The number of fused-ring (bicyclic) bond motifs is 1. The molecule has 0 radical (unpaired) electrons. The lowest BCUT2D eigenvalue weighted by Crippen LogP contribution is -2.45. The zero-order valence-corrected chi connectivity index (χ0v) is 11.9. The fraction of sp³-hybridized carbons (Fsp3) is 0.400. The van der Waals surface area contributed by atoms with Gasteiger partial charge in [-0.2, -0.15) is 0 Å². The van der Waals surface area contributed by atoms with Crippen LogP contribution in [0.3, 0.4) is 0 Å². The SMILES string of the molecule is C[C@H]1CN(c2ccnc3cc(Cl)ccc23)C[C@H](C)O1. The second kappa shape index (κ2) is 4.99. The smallest absolute Gasteiger partial charge is 0.0737 e. The van der Waals surface area contributed by atoms with Gasteiger partial charge in [0.05, 0.1) is 17.7 Å². The lowest BCUT2D eigenvalue weighted by Gasteiger charge is -2.37. The summed E-state index contributed by atoms with van der Waals surface area (Å²) in [6, 6.07) is 7.95. The number of halogens is 1. The Kier molecular flexibility index (Phi) is 3.33. The van der Waals surface area contributed by atoms with E-state index < -0.39 is 0 Å². The largest absolute Gasteiger partial charge is 0.372 e. The molecule has 0 spiro atoms. The maximum absolute atomic E-state index is 6.03. The molecule has 0 unspecified atom stereocenters. The van der Waals surface area contributed by atoms with Crippen LogP contribution in [0.15, 0.2) is 30.5 Å². The van der Waals surface area contributed by atoms with Crippen molar-refractivity contribution in [3.05, 3.63) is 35.5 Å². The van der Waals surface area contributed by atoms with Crippen molar-refractivity contribution in [3.8, 4) is 0 Å². The number of rotatable bonds is 1. The molecule has 1 aromatic carbocycles. The van der Waals surface area contributed by atoms with E-state index in [1.54, 1.807) is 0 Å². The average Bonchev–Trinajstić information content (AvgIpc) is 2.36. The van der Waals surface area contributed by atoms with Gasteiger partial charge in [0.15, 0.2) is 0 Å². The van der Waals surface area contributed by atoms with Gasteiger partial charge in [-0.1, -0.05) is 11.6 Å². The van der Waals surface area contributed by atoms with E-state index >= 15 is 0 Å². The maximum atomic E-state index is 6.03. The second-order valence-corrected chi connectivity index (χ2v) is 5.59. The van der Waals surface area contributed by atoms with Crippen LogP contribution < -0.4 is 4.90 Å². The first-order chi connectivity index (χ1) is 9.13. The topological polar surface area (TPSA) is 25.4 Å². The molecule has 1 aromatic heterocycles. The molecular weight excluding hydrogens is 260 g/mol. The zero-order chi connectivity index (χ0) is 13.4. The lowest BCUT2D eigenvalue weighted by molar-refractivity contribution is -0.00513. The molecule has 0 N–H and O–H groups in total. The highest BCUT2D eigenvalue weighted by Crippen LogP contribution is 2.29. The van der Waals surface area contributed by atoms with Crippen molar-refractivity contribution in [2.45, 2.75) is 26.1 Å². The van der Waals surface area contributed by atoms with Crippen molar-refractivity contribution in [2.75, 3.05) is 18.0 Å².